The Morgan fingerprint density at radius 2 is 1.55 bits per heavy atom. The zero-order chi connectivity index (χ0) is 7.52. The van der Waals surface area contributed by atoms with Crippen molar-refractivity contribution < 1.29 is 0 Å². The molecule has 0 atom stereocenters. The molecule has 1 fully saturated rings. The van der Waals surface area contributed by atoms with Crippen molar-refractivity contribution in [2.75, 3.05) is 0 Å². The Bertz CT molecular complexity index is 195. The highest BCUT2D eigenvalue weighted by Gasteiger charge is 2.14. The van der Waals surface area contributed by atoms with Gasteiger partial charge in [-0.3, -0.25) is 0 Å². The maximum atomic E-state index is 2.28. The Hall–Kier alpha value is -0.720. The molecule has 1 saturated carbocycles. The van der Waals surface area contributed by atoms with Gasteiger partial charge in [0.15, 0.2) is 0 Å². The fourth-order valence-electron chi connectivity index (χ4n) is 1.76. The van der Waals surface area contributed by atoms with Crippen LogP contribution in [0.4, 0.5) is 0 Å². The molecule has 1 radical (unpaired) electrons. The lowest BCUT2D eigenvalue weighted by Crippen LogP contribution is -2.11. The Morgan fingerprint density at radius 3 is 2.18 bits per heavy atom. The van der Waals surface area contributed by atoms with Gasteiger partial charge in [-0.05, 0) is 25.0 Å². The first-order valence-corrected chi connectivity index (χ1v) is 4.45. The molecule has 0 saturated heterocycles. The van der Waals surface area contributed by atoms with Gasteiger partial charge in [-0.1, -0.05) is 19.3 Å². The molecule has 0 unspecified atom stereocenters. The van der Waals surface area contributed by atoms with E-state index in [9.17, 15) is 0 Å². The smallest absolute Gasteiger partial charge is 0.0674 e. The van der Waals surface area contributed by atoms with Crippen LogP contribution < -0.4 is 0 Å². The molecular formula is C10H14N. The molecule has 1 heteroatoms. The van der Waals surface area contributed by atoms with E-state index in [4.69, 9.17) is 0 Å². The van der Waals surface area contributed by atoms with E-state index in [1.54, 1.807) is 6.04 Å². The van der Waals surface area contributed by atoms with Crippen LogP contribution in [-0.4, -0.2) is 4.57 Å². The Labute approximate surface area is 68.0 Å². The van der Waals surface area contributed by atoms with Gasteiger partial charge >= 0.3 is 0 Å². The quantitative estimate of drug-likeness (QED) is 0.577. The molecule has 0 aromatic carbocycles. The summed E-state index contributed by atoms with van der Waals surface area (Å²) in [4.78, 5) is 0. The predicted molar refractivity (Wildman–Crippen MR) is 46.2 cm³/mol. The second-order valence-electron chi connectivity index (χ2n) is 3.22. The number of aromatic nitrogens is 1. The topological polar surface area (TPSA) is 4.93 Å². The second kappa shape index (κ2) is 3.12. The molecule has 2 rings (SSSR count). The summed E-state index contributed by atoms with van der Waals surface area (Å²) in [7, 11) is 0. The summed E-state index contributed by atoms with van der Waals surface area (Å²) in [5.74, 6) is 0. The standard InChI is InChI=1S/C10H14N/c1-2-6-10(7-3-1)11-8-4-5-9-11/h4-5,8-9H,1-3,6-7H2. The fraction of sp³-hybridized carbons (Fsp3) is 0.500. The maximum absolute atomic E-state index is 2.28. The van der Waals surface area contributed by atoms with Crippen molar-refractivity contribution >= 4 is 0 Å². The van der Waals surface area contributed by atoms with Crippen LogP contribution in [0.1, 0.15) is 32.1 Å². The molecule has 1 aliphatic rings. The molecule has 0 amide bonds. The molecule has 0 bridgehead atoms. The van der Waals surface area contributed by atoms with Crippen molar-refractivity contribution in [1.29, 1.82) is 0 Å². The number of rotatable bonds is 1. The second-order valence-corrected chi connectivity index (χ2v) is 3.22. The molecule has 59 valence electrons. The Kier molecular flexibility index (Phi) is 1.97. The number of hydrogen-bond acceptors (Lipinski definition) is 0. The van der Waals surface area contributed by atoms with Gasteiger partial charge < -0.3 is 4.57 Å². The van der Waals surface area contributed by atoms with Crippen molar-refractivity contribution in [3.8, 4) is 0 Å². The van der Waals surface area contributed by atoms with E-state index in [2.05, 4.69) is 29.1 Å². The molecule has 1 nitrogen and oxygen atoms in total. The van der Waals surface area contributed by atoms with E-state index in [1.807, 2.05) is 0 Å². The first-order chi connectivity index (χ1) is 5.47. The lowest BCUT2D eigenvalue weighted by Gasteiger charge is -2.21. The molecule has 0 N–H and O–H groups in total. The minimum absolute atomic E-state index is 1.30. The Morgan fingerprint density at radius 1 is 0.909 bits per heavy atom. The monoisotopic (exact) mass is 148 g/mol. The van der Waals surface area contributed by atoms with E-state index in [-0.39, 0.29) is 0 Å². The van der Waals surface area contributed by atoms with Gasteiger partial charge in [0.05, 0.1) is 6.04 Å². The minimum atomic E-state index is 1.30. The zero-order valence-corrected chi connectivity index (χ0v) is 6.79. The molecular weight excluding hydrogens is 134 g/mol. The van der Waals surface area contributed by atoms with Crippen molar-refractivity contribution in [1.82, 2.24) is 4.57 Å². The predicted octanol–water partition coefficient (Wildman–Crippen LogP) is 2.83. The number of hydrogen-bond donors (Lipinski definition) is 0. The van der Waals surface area contributed by atoms with Crippen LogP contribution in [0.15, 0.2) is 24.5 Å². The summed E-state index contributed by atoms with van der Waals surface area (Å²) >= 11 is 0. The average molecular weight is 148 g/mol. The largest absolute Gasteiger partial charge is 0.346 e. The normalized spacial score (nSPS) is 20.4. The maximum Gasteiger partial charge on any atom is 0.0674 e. The summed E-state index contributed by atoms with van der Waals surface area (Å²) in [6.07, 6.45) is 11.1. The summed E-state index contributed by atoms with van der Waals surface area (Å²) in [6, 6.07) is 5.80. The van der Waals surface area contributed by atoms with Crippen LogP contribution in [0, 0.1) is 6.04 Å². The first kappa shape index (κ1) is 6.96. The zero-order valence-electron chi connectivity index (χ0n) is 6.79. The molecule has 0 spiro atoms. The van der Waals surface area contributed by atoms with Crippen LogP contribution in [-0.2, 0) is 0 Å². The van der Waals surface area contributed by atoms with Crippen molar-refractivity contribution in [3.63, 3.8) is 0 Å². The molecule has 1 aliphatic carbocycles. The minimum Gasteiger partial charge on any atom is -0.346 e. The number of nitrogens with zero attached hydrogens (tertiary/aromatic N) is 1. The average Bonchev–Trinajstić information content (AvgIpc) is 2.58. The fourth-order valence-corrected chi connectivity index (χ4v) is 1.76. The van der Waals surface area contributed by atoms with Crippen LogP contribution in [0.25, 0.3) is 0 Å². The van der Waals surface area contributed by atoms with Gasteiger partial charge in [0, 0.05) is 12.4 Å². The van der Waals surface area contributed by atoms with Crippen molar-refractivity contribution in [3.05, 3.63) is 30.6 Å². The van der Waals surface area contributed by atoms with Crippen LogP contribution in [0.5, 0.6) is 0 Å². The van der Waals surface area contributed by atoms with E-state index in [0.717, 1.165) is 0 Å². The van der Waals surface area contributed by atoms with Crippen LogP contribution >= 0.6 is 0 Å². The van der Waals surface area contributed by atoms with E-state index in [1.165, 1.54) is 32.1 Å². The van der Waals surface area contributed by atoms with Crippen molar-refractivity contribution in [2.45, 2.75) is 32.1 Å². The van der Waals surface area contributed by atoms with Crippen molar-refractivity contribution in [2.24, 2.45) is 0 Å². The molecule has 11 heavy (non-hydrogen) atoms. The lowest BCUT2D eigenvalue weighted by molar-refractivity contribution is 0.490. The SMILES string of the molecule is c1ccn([C]2CCCCC2)c1. The van der Waals surface area contributed by atoms with Gasteiger partial charge in [0.25, 0.3) is 0 Å². The van der Waals surface area contributed by atoms with E-state index < -0.39 is 0 Å². The third-order valence-electron chi connectivity index (χ3n) is 2.40. The van der Waals surface area contributed by atoms with Gasteiger partial charge in [-0.2, -0.15) is 0 Å². The highest BCUT2D eigenvalue weighted by atomic mass is 15.0. The lowest BCUT2D eigenvalue weighted by atomic mass is 9.95. The van der Waals surface area contributed by atoms with E-state index >= 15 is 0 Å². The highest BCUT2D eigenvalue weighted by molar-refractivity contribution is 5.03. The molecule has 1 aromatic rings. The van der Waals surface area contributed by atoms with Gasteiger partial charge in [-0.15, -0.1) is 0 Å². The van der Waals surface area contributed by atoms with Crippen LogP contribution in [0.3, 0.4) is 0 Å². The highest BCUT2D eigenvalue weighted by Crippen LogP contribution is 2.26. The van der Waals surface area contributed by atoms with Gasteiger partial charge in [0.1, 0.15) is 0 Å². The summed E-state index contributed by atoms with van der Waals surface area (Å²) in [5.41, 5.74) is 0. The molecule has 0 aliphatic heterocycles. The molecule has 1 heterocycles. The van der Waals surface area contributed by atoms with Gasteiger partial charge in [0.2, 0.25) is 0 Å². The first-order valence-electron chi connectivity index (χ1n) is 4.45. The molecule has 1 aromatic heterocycles. The third-order valence-corrected chi connectivity index (χ3v) is 2.40. The van der Waals surface area contributed by atoms with Gasteiger partial charge in [-0.25, -0.2) is 0 Å². The Balaban J connectivity index is 2.04. The van der Waals surface area contributed by atoms with Crippen LogP contribution in [0.2, 0.25) is 0 Å². The summed E-state index contributed by atoms with van der Waals surface area (Å²) in [6.45, 7) is 0. The van der Waals surface area contributed by atoms with E-state index in [0.29, 0.717) is 0 Å². The summed E-state index contributed by atoms with van der Waals surface area (Å²) in [5, 5.41) is 0. The summed E-state index contributed by atoms with van der Waals surface area (Å²) < 4.78 is 2.28. The third kappa shape index (κ3) is 1.47.